The van der Waals surface area contributed by atoms with Crippen LogP contribution < -0.4 is 4.74 Å². The van der Waals surface area contributed by atoms with E-state index in [1.54, 1.807) is 4.90 Å². The van der Waals surface area contributed by atoms with Crippen molar-refractivity contribution in [1.29, 1.82) is 0 Å². The van der Waals surface area contributed by atoms with Gasteiger partial charge >= 0.3 is 0 Å². The topological polar surface area (TPSA) is 41.9 Å². The highest BCUT2D eigenvalue weighted by atomic mass is 35.5. The molecular formula is C31H25ClN2O2S. The molecule has 0 unspecified atom stereocenters. The fourth-order valence-corrected chi connectivity index (χ4v) is 5.09. The minimum atomic E-state index is -0.0327. The summed E-state index contributed by atoms with van der Waals surface area (Å²) < 4.78 is 5.89. The summed E-state index contributed by atoms with van der Waals surface area (Å²) in [7, 11) is 0. The Kier molecular flexibility index (Phi) is 8.04. The van der Waals surface area contributed by atoms with Crippen LogP contribution in [0.25, 0.3) is 6.08 Å². The molecule has 6 heteroatoms. The second-order valence-electron chi connectivity index (χ2n) is 8.48. The fraction of sp³-hybridized carbons (Fsp3) is 0.0968. The molecule has 0 N–H and O–H groups in total. The van der Waals surface area contributed by atoms with Crippen molar-refractivity contribution in [3.63, 3.8) is 0 Å². The van der Waals surface area contributed by atoms with Gasteiger partial charge in [-0.15, -0.1) is 0 Å². The summed E-state index contributed by atoms with van der Waals surface area (Å²) >= 11 is 7.63. The van der Waals surface area contributed by atoms with E-state index in [2.05, 4.69) is 12.1 Å². The number of amides is 1. The summed E-state index contributed by atoms with van der Waals surface area (Å²) in [5.74, 6) is 0.706. The van der Waals surface area contributed by atoms with E-state index < -0.39 is 0 Å². The molecule has 37 heavy (non-hydrogen) atoms. The molecule has 0 bridgehead atoms. The lowest BCUT2D eigenvalue weighted by Gasteiger charge is -2.15. The number of rotatable bonds is 8. The maximum Gasteiger partial charge on any atom is 0.266 e. The molecule has 0 aromatic heterocycles. The number of thioether (sulfide) groups is 1. The van der Waals surface area contributed by atoms with Gasteiger partial charge in [-0.2, -0.15) is 0 Å². The Morgan fingerprint density at radius 2 is 1.51 bits per heavy atom. The number of hydrogen-bond acceptors (Lipinski definition) is 4. The molecule has 0 aliphatic carbocycles. The SMILES string of the molecule is O=C1/C(=C\c2ccc(OCc3ccccc3Cl)cc2)SC(=Nc2ccccc2)N1CCc1ccccc1. The van der Waals surface area contributed by atoms with Crippen LogP contribution in [0.1, 0.15) is 16.7 Å². The van der Waals surface area contributed by atoms with Crippen molar-refractivity contribution in [1.82, 2.24) is 4.90 Å². The average Bonchev–Trinajstić information content (AvgIpc) is 3.22. The monoisotopic (exact) mass is 524 g/mol. The Labute approximate surface area is 226 Å². The molecule has 0 spiro atoms. The van der Waals surface area contributed by atoms with Gasteiger partial charge < -0.3 is 4.74 Å². The van der Waals surface area contributed by atoms with Crippen LogP contribution in [0, 0.1) is 0 Å². The van der Waals surface area contributed by atoms with Gasteiger partial charge in [-0.3, -0.25) is 9.69 Å². The van der Waals surface area contributed by atoms with Crippen LogP contribution >= 0.6 is 23.4 Å². The quantitative estimate of drug-likeness (QED) is 0.221. The van der Waals surface area contributed by atoms with Crippen molar-refractivity contribution in [3.8, 4) is 5.75 Å². The minimum absolute atomic E-state index is 0.0327. The van der Waals surface area contributed by atoms with Gasteiger partial charge in [0.05, 0.1) is 10.6 Å². The van der Waals surface area contributed by atoms with E-state index in [9.17, 15) is 4.79 Å². The molecule has 184 valence electrons. The molecule has 1 aliphatic heterocycles. The van der Waals surface area contributed by atoms with Crippen molar-refractivity contribution >= 4 is 46.2 Å². The van der Waals surface area contributed by atoms with Crippen LogP contribution in [-0.4, -0.2) is 22.5 Å². The first-order chi connectivity index (χ1) is 18.2. The highest BCUT2D eigenvalue weighted by Gasteiger charge is 2.33. The number of hydrogen-bond donors (Lipinski definition) is 0. The second-order valence-corrected chi connectivity index (χ2v) is 9.90. The number of ether oxygens (including phenoxy) is 1. The minimum Gasteiger partial charge on any atom is -0.489 e. The number of amidine groups is 1. The van der Waals surface area contributed by atoms with Gasteiger partial charge in [0, 0.05) is 17.1 Å². The van der Waals surface area contributed by atoms with Gasteiger partial charge in [-0.25, -0.2) is 4.99 Å². The van der Waals surface area contributed by atoms with E-state index in [4.69, 9.17) is 21.3 Å². The molecule has 1 saturated heterocycles. The van der Waals surface area contributed by atoms with Crippen LogP contribution in [0.4, 0.5) is 5.69 Å². The van der Waals surface area contributed by atoms with E-state index in [0.717, 1.165) is 29.0 Å². The van der Waals surface area contributed by atoms with E-state index in [1.807, 2.05) is 103 Å². The smallest absolute Gasteiger partial charge is 0.266 e. The number of carbonyl (C=O) groups is 1. The Morgan fingerprint density at radius 1 is 0.838 bits per heavy atom. The molecular weight excluding hydrogens is 500 g/mol. The Morgan fingerprint density at radius 3 is 2.24 bits per heavy atom. The average molecular weight is 525 g/mol. The molecule has 0 saturated carbocycles. The first kappa shape index (κ1) is 24.9. The second kappa shape index (κ2) is 12.0. The van der Waals surface area contributed by atoms with Crippen LogP contribution in [0.3, 0.4) is 0 Å². The first-order valence-corrected chi connectivity index (χ1v) is 13.2. The number of halogens is 1. The Balaban J connectivity index is 1.32. The summed E-state index contributed by atoms with van der Waals surface area (Å²) in [6, 6.07) is 35.2. The molecule has 1 fully saturated rings. The Bertz CT molecular complexity index is 1420. The number of benzene rings is 4. The van der Waals surface area contributed by atoms with Gasteiger partial charge in [0.1, 0.15) is 12.4 Å². The third kappa shape index (κ3) is 6.50. The molecule has 1 amide bonds. The summed E-state index contributed by atoms with van der Waals surface area (Å²) in [5.41, 5.74) is 3.86. The molecule has 0 radical (unpaired) electrons. The van der Waals surface area contributed by atoms with Crippen molar-refractivity contribution < 1.29 is 9.53 Å². The molecule has 0 atom stereocenters. The predicted octanol–water partition coefficient (Wildman–Crippen LogP) is 7.77. The van der Waals surface area contributed by atoms with Gasteiger partial charge in [0.2, 0.25) is 0 Å². The molecule has 1 heterocycles. The maximum absolute atomic E-state index is 13.4. The van der Waals surface area contributed by atoms with Gasteiger partial charge in [0.15, 0.2) is 5.17 Å². The lowest BCUT2D eigenvalue weighted by molar-refractivity contribution is -0.122. The largest absolute Gasteiger partial charge is 0.489 e. The van der Waals surface area contributed by atoms with Gasteiger partial charge in [-0.1, -0.05) is 90.5 Å². The fourth-order valence-electron chi connectivity index (χ4n) is 3.88. The summed E-state index contributed by atoms with van der Waals surface area (Å²) in [5, 5.41) is 1.38. The third-order valence-electron chi connectivity index (χ3n) is 5.87. The molecule has 4 aromatic rings. The van der Waals surface area contributed by atoms with Crippen LogP contribution in [0.15, 0.2) is 119 Å². The summed E-state index contributed by atoms with van der Waals surface area (Å²) in [6.07, 6.45) is 2.67. The van der Waals surface area contributed by atoms with Crippen LogP contribution in [0.2, 0.25) is 5.02 Å². The zero-order valence-electron chi connectivity index (χ0n) is 20.1. The van der Waals surface area contributed by atoms with Crippen molar-refractivity contribution in [2.75, 3.05) is 6.54 Å². The van der Waals surface area contributed by atoms with Gasteiger partial charge in [-0.05, 0) is 65.7 Å². The Hall–Kier alpha value is -3.80. The lowest BCUT2D eigenvalue weighted by atomic mass is 10.1. The standard InChI is InChI=1S/C31H25ClN2O2S/c32-28-14-8-7-11-25(28)22-36-27-17-15-24(16-18-27)21-29-30(35)34(20-19-23-9-3-1-4-10-23)31(37-29)33-26-12-5-2-6-13-26/h1-18,21H,19-20,22H2/b29-21+,33-31?. The first-order valence-electron chi connectivity index (χ1n) is 12.0. The highest BCUT2D eigenvalue weighted by Crippen LogP contribution is 2.34. The third-order valence-corrected chi connectivity index (χ3v) is 7.24. The molecule has 4 aromatic carbocycles. The van der Waals surface area contributed by atoms with Crippen molar-refractivity contribution in [2.45, 2.75) is 13.0 Å². The van der Waals surface area contributed by atoms with Gasteiger partial charge in [0.25, 0.3) is 5.91 Å². The number of aliphatic imine (C=N–C) groups is 1. The van der Waals surface area contributed by atoms with E-state index in [1.165, 1.54) is 17.3 Å². The van der Waals surface area contributed by atoms with E-state index in [-0.39, 0.29) is 5.91 Å². The van der Waals surface area contributed by atoms with Crippen molar-refractivity contribution in [2.24, 2.45) is 4.99 Å². The zero-order chi connectivity index (χ0) is 25.5. The van der Waals surface area contributed by atoms with Crippen LogP contribution in [0.5, 0.6) is 5.75 Å². The zero-order valence-corrected chi connectivity index (χ0v) is 21.7. The molecule has 4 nitrogen and oxygen atoms in total. The van der Waals surface area contributed by atoms with E-state index >= 15 is 0 Å². The van der Waals surface area contributed by atoms with Crippen molar-refractivity contribution in [3.05, 3.63) is 136 Å². The summed E-state index contributed by atoms with van der Waals surface area (Å²) in [6.45, 7) is 0.956. The molecule has 1 aliphatic rings. The maximum atomic E-state index is 13.4. The number of para-hydroxylation sites is 1. The van der Waals surface area contributed by atoms with Crippen LogP contribution in [-0.2, 0) is 17.8 Å². The number of nitrogens with zero attached hydrogens (tertiary/aromatic N) is 2. The molecule has 5 rings (SSSR count). The normalized spacial score (nSPS) is 15.5. The number of carbonyl (C=O) groups excluding carboxylic acids is 1. The summed E-state index contributed by atoms with van der Waals surface area (Å²) in [4.78, 5) is 20.6. The predicted molar refractivity (Wildman–Crippen MR) is 153 cm³/mol. The van der Waals surface area contributed by atoms with E-state index in [0.29, 0.717) is 28.2 Å². The highest BCUT2D eigenvalue weighted by molar-refractivity contribution is 8.18. The lowest BCUT2D eigenvalue weighted by Crippen LogP contribution is -2.31.